The Morgan fingerprint density at radius 2 is 1.82 bits per heavy atom. The molecule has 0 bridgehead atoms. The first-order valence-corrected chi connectivity index (χ1v) is 5.85. The van der Waals surface area contributed by atoms with E-state index in [1.165, 1.54) is 0 Å². The van der Waals surface area contributed by atoms with Crippen molar-refractivity contribution in [1.82, 2.24) is 0 Å². The van der Waals surface area contributed by atoms with Crippen LogP contribution in [0.1, 0.15) is 16.8 Å². The molecule has 94 valence electrons. The standard InChI is InChI=1S/C13H21N3O/c1-16(2,9-3-8-14)10-13(17)11-4-6-12(15)7-5-11/h4-7H,3,8-10,14H2,1-2H3,(H-,15,17)/p+1. The molecule has 0 aliphatic carbocycles. The summed E-state index contributed by atoms with van der Waals surface area (Å²) in [6, 6.07) is 7.07. The molecule has 0 amide bonds. The van der Waals surface area contributed by atoms with Crippen molar-refractivity contribution >= 4 is 11.5 Å². The molecule has 0 fully saturated rings. The second-order valence-electron chi connectivity index (χ2n) is 5.00. The lowest BCUT2D eigenvalue weighted by Crippen LogP contribution is -2.45. The highest BCUT2D eigenvalue weighted by molar-refractivity contribution is 5.97. The van der Waals surface area contributed by atoms with Gasteiger partial charge in [0.25, 0.3) is 0 Å². The first kappa shape index (κ1) is 13.7. The predicted octanol–water partition coefficient (Wildman–Crippen LogP) is 0.877. The quantitative estimate of drug-likeness (QED) is 0.437. The van der Waals surface area contributed by atoms with Crippen LogP contribution in [-0.4, -0.2) is 44.0 Å². The summed E-state index contributed by atoms with van der Waals surface area (Å²) in [6.45, 7) is 2.07. The molecular formula is C13H22N3O+. The summed E-state index contributed by atoms with van der Waals surface area (Å²) in [6.07, 6.45) is 0.933. The molecule has 0 aliphatic heterocycles. The minimum absolute atomic E-state index is 0.145. The largest absolute Gasteiger partial charge is 0.399 e. The van der Waals surface area contributed by atoms with Crippen LogP contribution in [0.5, 0.6) is 0 Å². The monoisotopic (exact) mass is 236 g/mol. The van der Waals surface area contributed by atoms with Crippen LogP contribution in [0, 0.1) is 0 Å². The van der Waals surface area contributed by atoms with E-state index in [4.69, 9.17) is 11.5 Å². The summed E-state index contributed by atoms with van der Waals surface area (Å²) in [5, 5.41) is 0. The van der Waals surface area contributed by atoms with E-state index in [-0.39, 0.29) is 5.78 Å². The topological polar surface area (TPSA) is 69.1 Å². The van der Waals surface area contributed by atoms with E-state index >= 15 is 0 Å². The van der Waals surface area contributed by atoms with Gasteiger partial charge in [-0.15, -0.1) is 0 Å². The molecular weight excluding hydrogens is 214 g/mol. The van der Waals surface area contributed by atoms with Crippen molar-refractivity contribution < 1.29 is 9.28 Å². The number of carbonyl (C=O) groups excluding carboxylic acids is 1. The van der Waals surface area contributed by atoms with Crippen LogP contribution in [0.4, 0.5) is 5.69 Å². The van der Waals surface area contributed by atoms with Gasteiger partial charge >= 0.3 is 0 Å². The Balaban J connectivity index is 2.62. The number of rotatable bonds is 6. The Labute approximate surface area is 103 Å². The third kappa shape index (κ3) is 4.54. The Bertz CT molecular complexity index is 371. The summed E-state index contributed by atoms with van der Waals surface area (Å²) >= 11 is 0. The van der Waals surface area contributed by atoms with Gasteiger partial charge in [-0.2, -0.15) is 0 Å². The van der Waals surface area contributed by atoms with Crippen molar-refractivity contribution in [1.29, 1.82) is 0 Å². The fourth-order valence-corrected chi connectivity index (χ4v) is 1.75. The molecule has 0 spiro atoms. The predicted molar refractivity (Wildman–Crippen MR) is 70.7 cm³/mol. The van der Waals surface area contributed by atoms with Gasteiger partial charge in [0.1, 0.15) is 6.54 Å². The van der Waals surface area contributed by atoms with Crippen LogP contribution < -0.4 is 11.5 Å². The lowest BCUT2D eigenvalue weighted by Gasteiger charge is -2.28. The molecule has 0 unspecified atom stereocenters. The Morgan fingerprint density at radius 3 is 2.35 bits per heavy atom. The Hall–Kier alpha value is -1.39. The molecule has 0 aliphatic rings. The van der Waals surface area contributed by atoms with Crippen LogP contribution >= 0.6 is 0 Å². The SMILES string of the molecule is C[N+](C)(CCCN)CC(=O)c1ccc(N)cc1. The van der Waals surface area contributed by atoms with E-state index in [2.05, 4.69) is 0 Å². The van der Waals surface area contributed by atoms with Gasteiger partial charge < -0.3 is 16.0 Å². The Kier molecular flexibility index (Phi) is 4.66. The highest BCUT2D eigenvalue weighted by Gasteiger charge is 2.20. The summed E-state index contributed by atoms with van der Waals surface area (Å²) < 4.78 is 0.667. The average Bonchev–Trinajstić information content (AvgIpc) is 2.26. The third-order valence-electron chi connectivity index (χ3n) is 2.77. The summed E-state index contributed by atoms with van der Waals surface area (Å²) in [5.41, 5.74) is 12.5. The minimum atomic E-state index is 0.145. The van der Waals surface area contributed by atoms with Gasteiger partial charge in [0.15, 0.2) is 0 Å². The van der Waals surface area contributed by atoms with Gasteiger partial charge in [-0.1, -0.05) is 0 Å². The smallest absolute Gasteiger partial charge is 0.216 e. The van der Waals surface area contributed by atoms with Crippen LogP contribution in [0.2, 0.25) is 0 Å². The van der Waals surface area contributed by atoms with E-state index in [0.29, 0.717) is 23.3 Å². The van der Waals surface area contributed by atoms with Gasteiger partial charge in [-0.3, -0.25) is 4.79 Å². The molecule has 4 heteroatoms. The van der Waals surface area contributed by atoms with Crippen molar-refractivity contribution in [2.75, 3.05) is 39.5 Å². The van der Waals surface area contributed by atoms with Gasteiger partial charge in [0.2, 0.25) is 5.78 Å². The second-order valence-corrected chi connectivity index (χ2v) is 5.00. The number of benzene rings is 1. The zero-order chi connectivity index (χ0) is 12.9. The molecule has 0 atom stereocenters. The Morgan fingerprint density at radius 1 is 1.24 bits per heavy atom. The molecule has 4 nitrogen and oxygen atoms in total. The zero-order valence-electron chi connectivity index (χ0n) is 10.6. The lowest BCUT2D eigenvalue weighted by atomic mass is 10.1. The molecule has 0 radical (unpaired) electrons. The molecule has 0 heterocycles. The van der Waals surface area contributed by atoms with E-state index < -0.39 is 0 Å². The highest BCUT2D eigenvalue weighted by Crippen LogP contribution is 2.09. The molecule has 4 N–H and O–H groups in total. The van der Waals surface area contributed by atoms with Crippen LogP contribution in [0.3, 0.4) is 0 Å². The van der Waals surface area contributed by atoms with E-state index in [0.717, 1.165) is 18.5 Å². The van der Waals surface area contributed by atoms with Crippen molar-refractivity contribution in [3.8, 4) is 0 Å². The molecule has 1 aromatic rings. The molecule has 1 rings (SSSR count). The van der Waals surface area contributed by atoms with Crippen LogP contribution in [-0.2, 0) is 0 Å². The normalized spacial score (nSPS) is 11.5. The number of nitrogens with two attached hydrogens (primary N) is 2. The van der Waals surface area contributed by atoms with E-state index in [9.17, 15) is 4.79 Å². The van der Waals surface area contributed by atoms with Gasteiger partial charge in [-0.25, -0.2) is 0 Å². The van der Waals surface area contributed by atoms with Crippen LogP contribution in [0.15, 0.2) is 24.3 Å². The maximum Gasteiger partial charge on any atom is 0.216 e. The van der Waals surface area contributed by atoms with Crippen molar-refractivity contribution in [2.24, 2.45) is 5.73 Å². The number of hydrogen-bond acceptors (Lipinski definition) is 3. The molecule has 0 saturated heterocycles. The van der Waals surface area contributed by atoms with Gasteiger partial charge in [0.05, 0.1) is 20.6 Å². The average molecular weight is 236 g/mol. The number of hydrogen-bond donors (Lipinski definition) is 2. The summed E-state index contributed by atoms with van der Waals surface area (Å²) in [4.78, 5) is 12.0. The van der Waals surface area contributed by atoms with Gasteiger partial charge in [0, 0.05) is 17.7 Å². The maximum atomic E-state index is 12.0. The number of nitrogen functional groups attached to an aromatic ring is 1. The third-order valence-corrected chi connectivity index (χ3v) is 2.77. The molecule has 1 aromatic carbocycles. The van der Waals surface area contributed by atoms with E-state index in [1.54, 1.807) is 24.3 Å². The number of quaternary nitrogens is 1. The van der Waals surface area contributed by atoms with Crippen molar-refractivity contribution in [2.45, 2.75) is 6.42 Å². The fraction of sp³-hybridized carbons (Fsp3) is 0.462. The van der Waals surface area contributed by atoms with E-state index in [1.807, 2.05) is 14.1 Å². The van der Waals surface area contributed by atoms with Gasteiger partial charge in [-0.05, 0) is 30.8 Å². The lowest BCUT2D eigenvalue weighted by molar-refractivity contribution is -0.881. The molecule has 0 saturated carbocycles. The number of carbonyl (C=O) groups is 1. The summed E-state index contributed by atoms with van der Waals surface area (Å²) in [5.74, 6) is 0.145. The number of likely N-dealkylation sites (N-methyl/N-ethyl adjacent to an activating group) is 1. The molecule has 17 heavy (non-hydrogen) atoms. The molecule has 0 aromatic heterocycles. The second kappa shape index (κ2) is 5.80. The fourth-order valence-electron chi connectivity index (χ4n) is 1.75. The summed E-state index contributed by atoms with van der Waals surface area (Å²) in [7, 11) is 4.09. The van der Waals surface area contributed by atoms with Crippen LogP contribution in [0.25, 0.3) is 0 Å². The zero-order valence-corrected chi connectivity index (χ0v) is 10.6. The first-order chi connectivity index (χ1) is 7.94. The highest BCUT2D eigenvalue weighted by atomic mass is 16.1. The number of ketones is 1. The maximum absolute atomic E-state index is 12.0. The van der Waals surface area contributed by atoms with Crippen molar-refractivity contribution in [3.05, 3.63) is 29.8 Å². The number of anilines is 1. The first-order valence-electron chi connectivity index (χ1n) is 5.85. The minimum Gasteiger partial charge on any atom is -0.399 e. The number of nitrogens with zero attached hydrogens (tertiary/aromatic N) is 1. The number of Topliss-reactive ketones (excluding diaryl/α,β-unsaturated/α-hetero) is 1. The van der Waals surface area contributed by atoms with Crippen molar-refractivity contribution in [3.63, 3.8) is 0 Å².